The van der Waals surface area contributed by atoms with Crippen LogP contribution in [0.2, 0.25) is 0 Å². The molecule has 0 spiro atoms. The second-order valence-electron chi connectivity index (χ2n) is 8.18. The number of nitrogens with zero attached hydrogens (tertiary/aromatic N) is 2. The fourth-order valence-corrected chi connectivity index (χ4v) is 4.09. The van der Waals surface area contributed by atoms with Crippen LogP contribution in [0.1, 0.15) is 50.5 Å². The van der Waals surface area contributed by atoms with Crippen LogP contribution in [0.4, 0.5) is 0 Å². The summed E-state index contributed by atoms with van der Waals surface area (Å²) in [5.74, 6) is 2.73. The van der Waals surface area contributed by atoms with Crippen LogP contribution in [0.5, 0.6) is 11.5 Å². The summed E-state index contributed by atoms with van der Waals surface area (Å²) in [5, 5.41) is 3.06. The predicted molar refractivity (Wildman–Crippen MR) is 121 cm³/mol. The molecule has 1 atom stereocenters. The molecule has 1 unspecified atom stereocenters. The Labute approximate surface area is 185 Å². The van der Waals surface area contributed by atoms with E-state index in [0.29, 0.717) is 36.3 Å². The van der Waals surface area contributed by atoms with Crippen molar-refractivity contribution in [1.29, 1.82) is 0 Å². The van der Waals surface area contributed by atoms with Crippen LogP contribution >= 0.6 is 0 Å². The van der Waals surface area contributed by atoms with Crippen molar-refractivity contribution in [2.75, 3.05) is 33.9 Å². The van der Waals surface area contributed by atoms with Gasteiger partial charge in [0.1, 0.15) is 5.76 Å². The number of amides is 1. The highest BCUT2D eigenvalue weighted by atomic mass is 16.5. The summed E-state index contributed by atoms with van der Waals surface area (Å²) in [7, 11) is 3.21. The number of hydrogen-bond donors (Lipinski definition) is 1. The minimum absolute atomic E-state index is 0.103. The number of benzene rings is 1. The van der Waals surface area contributed by atoms with E-state index in [0.717, 1.165) is 43.1 Å². The lowest BCUT2D eigenvalue weighted by Crippen LogP contribution is -2.42. The summed E-state index contributed by atoms with van der Waals surface area (Å²) >= 11 is 0. The molecular weight excluding hydrogens is 394 g/mol. The smallest absolute Gasteiger partial charge is 0.226 e. The maximum absolute atomic E-state index is 12.2. The van der Waals surface area contributed by atoms with Gasteiger partial charge in [0.15, 0.2) is 11.5 Å². The summed E-state index contributed by atoms with van der Waals surface area (Å²) in [5.41, 5.74) is 1.72. The molecule has 0 aliphatic carbocycles. The van der Waals surface area contributed by atoms with Crippen LogP contribution in [0, 0.1) is 6.92 Å². The summed E-state index contributed by atoms with van der Waals surface area (Å²) < 4.78 is 16.5. The average molecular weight is 430 g/mol. The highest BCUT2D eigenvalue weighted by molar-refractivity contribution is 5.75. The van der Waals surface area contributed by atoms with E-state index in [4.69, 9.17) is 13.9 Å². The first kappa shape index (κ1) is 23.1. The van der Waals surface area contributed by atoms with Crippen molar-refractivity contribution < 1.29 is 18.7 Å². The summed E-state index contributed by atoms with van der Waals surface area (Å²) in [6.45, 7) is 6.98. The van der Waals surface area contributed by atoms with Gasteiger partial charge >= 0.3 is 0 Å². The molecule has 2 aromatic rings. The minimum Gasteiger partial charge on any atom is -0.493 e. The molecule has 7 nitrogen and oxygen atoms in total. The molecule has 1 saturated heterocycles. The Morgan fingerprint density at radius 3 is 2.81 bits per heavy atom. The first-order valence-electron chi connectivity index (χ1n) is 11.2. The zero-order chi connectivity index (χ0) is 22.2. The molecule has 1 N–H and O–H groups in total. The number of carbonyl (C=O) groups excluding carboxylic acids is 1. The van der Waals surface area contributed by atoms with Crippen molar-refractivity contribution in [3.8, 4) is 23.0 Å². The van der Waals surface area contributed by atoms with Crippen LogP contribution in [0.3, 0.4) is 0 Å². The number of methoxy groups -OCH3 is 2. The van der Waals surface area contributed by atoms with Gasteiger partial charge in [-0.3, -0.25) is 9.69 Å². The van der Waals surface area contributed by atoms with Gasteiger partial charge in [-0.2, -0.15) is 0 Å². The number of aryl methyl sites for hydroxylation is 2. The average Bonchev–Trinajstić information content (AvgIpc) is 3.15. The SMILES string of the molecule is COc1ccc(-c2nc(CCCC(=O)NCCN3CCCCC3C)c(C)o2)cc1OC. The molecule has 0 bridgehead atoms. The van der Waals surface area contributed by atoms with E-state index in [1.165, 1.54) is 19.3 Å². The van der Waals surface area contributed by atoms with Gasteiger partial charge in [0.2, 0.25) is 11.8 Å². The van der Waals surface area contributed by atoms with E-state index in [-0.39, 0.29) is 5.91 Å². The quantitative estimate of drug-likeness (QED) is 0.616. The zero-order valence-corrected chi connectivity index (χ0v) is 19.2. The lowest BCUT2D eigenvalue weighted by atomic mass is 10.0. The maximum atomic E-state index is 12.2. The third-order valence-electron chi connectivity index (χ3n) is 6.00. The van der Waals surface area contributed by atoms with E-state index < -0.39 is 0 Å². The number of ether oxygens (including phenoxy) is 2. The van der Waals surface area contributed by atoms with E-state index in [2.05, 4.69) is 22.1 Å². The normalized spacial score (nSPS) is 16.8. The van der Waals surface area contributed by atoms with E-state index in [1.54, 1.807) is 14.2 Å². The van der Waals surface area contributed by atoms with Crippen molar-refractivity contribution in [2.24, 2.45) is 0 Å². The number of carbonyl (C=O) groups is 1. The van der Waals surface area contributed by atoms with Crippen LogP contribution < -0.4 is 14.8 Å². The topological polar surface area (TPSA) is 76.8 Å². The maximum Gasteiger partial charge on any atom is 0.226 e. The molecule has 0 saturated carbocycles. The number of piperidine rings is 1. The monoisotopic (exact) mass is 429 g/mol. The molecule has 3 rings (SSSR count). The lowest BCUT2D eigenvalue weighted by Gasteiger charge is -2.33. The van der Waals surface area contributed by atoms with Crippen LogP contribution in [-0.4, -0.2) is 55.7 Å². The molecule has 0 radical (unpaired) electrons. The van der Waals surface area contributed by atoms with Gasteiger partial charge in [-0.25, -0.2) is 4.98 Å². The molecule has 1 aromatic carbocycles. The van der Waals surface area contributed by atoms with Gasteiger partial charge in [-0.1, -0.05) is 6.42 Å². The molecule has 7 heteroatoms. The van der Waals surface area contributed by atoms with Gasteiger partial charge in [-0.05, 0) is 64.3 Å². The number of rotatable bonds is 10. The second-order valence-corrected chi connectivity index (χ2v) is 8.18. The standard InChI is InChI=1S/C24H35N3O4/c1-17-8-5-6-14-27(17)15-13-25-23(28)10-7-9-20-18(2)31-24(26-20)19-11-12-21(29-3)22(16-19)30-4/h11-12,16-17H,5-10,13-15H2,1-4H3,(H,25,28). The Hall–Kier alpha value is -2.54. The molecule has 1 aliphatic heterocycles. The van der Waals surface area contributed by atoms with Crippen molar-refractivity contribution in [3.05, 3.63) is 29.7 Å². The Kier molecular flexibility index (Phi) is 8.35. The largest absolute Gasteiger partial charge is 0.493 e. The first-order chi connectivity index (χ1) is 15.0. The van der Waals surface area contributed by atoms with E-state index in [1.807, 2.05) is 25.1 Å². The van der Waals surface area contributed by atoms with Crippen LogP contribution in [-0.2, 0) is 11.2 Å². The van der Waals surface area contributed by atoms with Crippen molar-refractivity contribution >= 4 is 5.91 Å². The molecule has 1 aliphatic rings. The van der Waals surface area contributed by atoms with Gasteiger partial charge in [0, 0.05) is 31.1 Å². The lowest BCUT2D eigenvalue weighted by molar-refractivity contribution is -0.121. The first-order valence-corrected chi connectivity index (χ1v) is 11.2. The summed E-state index contributed by atoms with van der Waals surface area (Å²) in [4.78, 5) is 19.3. The fourth-order valence-electron chi connectivity index (χ4n) is 4.09. The zero-order valence-electron chi connectivity index (χ0n) is 19.2. The van der Waals surface area contributed by atoms with Crippen LogP contribution in [0.25, 0.3) is 11.5 Å². The second kappa shape index (κ2) is 11.2. The molecule has 2 heterocycles. The van der Waals surface area contributed by atoms with Crippen LogP contribution in [0.15, 0.2) is 22.6 Å². The van der Waals surface area contributed by atoms with Gasteiger partial charge in [0.05, 0.1) is 19.9 Å². The molecule has 1 aromatic heterocycles. The molecular formula is C24H35N3O4. The Morgan fingerprint density at radius 1 is 1.26 bits per heavy atom. The summed E-state index contributed by atoms with van der Waals surface area (Å²) in [6, 6.07) is 6.21. The third kappa shape index (κ3) is 6.23. The van der Waals surface area contributed by atoms with Crippen molar-refractivity contribution in [3.63, 3.8) is 0 Å². The van der Waals surface area contributed by atoms with Gasteiger partial charge in [-0.15, -0.1) is 0 Å². The molecule has 170 valence electrons. The number of hydrogen-bond acceptors (Lipinski definition) is 6. The predicted octanol–water partition coefficient (Wildman–Crippen LogP) is 3.98. The Balaban J connectivity index is 1.46. The number of nitrogens with one attached hydrogen (secondary N) is 1. The van der Waals surface area contributed by atoms with Gasteiger partial charge < -0.3 is 19.2 Å². The number of likely N-dealkylation sites (tertiary alicyclic amines) is 1. The fraction of sp³-hybridized carbons (Fsp3) is 0.583. The summed E-state index contributed by atoms with van der Waals surface area (Å²) in [6.07, 6.45) is 5.79. The van der Waals surface area contributed by atoms with Crippen molar-refractivity contribution in [1.82, 2.24) is 15.2 Å². The highest BCUT2D eigenvalue weighted by Gasteiger charge is 2.18. The van der Waals surface area contributed by atoms with Gasteiger partial charge in [0.25, 0.3) is 0 Å². The van der Waals surface area contributed by atoms with E-state index in [9.17, 15) is 4.79 Å². The number of oxazole rings is 1. The molecule has 31 heavy (non-hydrogen) atoms. The molecule has 1 amide bonds. The Bertz CT molecular complexity index is 865. The third-order valence-corrected chi connectivity index (χ3v) is 6.00. The minimum atomic E-state index is 0.103. The van der Waals surface area contributed by atoms with E-state index >= 15 is 0 Å². The highest BCUT2D eigenvalue weighted by Crippen LogP contribution is 2.32. The van der Waals surface area contributed by atoms with Crippen molar-refractivity contribution in [2.45, 2.75) is 58.4 Å². The number of aromatic nitrogens is 1. The Morgan fingerprint density at radius 2 is 2.06 bits per heavy atom. The molecule has 1 fully saturated rings.